The summed E-state index contributed by atoms with van der Waals surface area (Å²) < 4.78 is 2.28. The van der Waals surface area contributed by atoms with E-state index in [0.717, 1.165) is 22.0 Å². The van der Waals surface area contributed by atoms with E-state index in [0.29, 0.717) is 5.75 Å². The maximum atomic E-state index is 11.2. The van der Waals surface area contributed by atoms with Crippen molar-refractivity contribution in [3.63, 3.8) is 0 Å². The van der Waals surface area contributed by atoms with E-state index >= 15 is 0 Å². The lowest BCUT2D eigenvalue weighted by molar-refractivity contribution is -0.136. The molecule has 0 bridgehead atoms. The number of aromatic nitrogens is 1. The summed E-state index contributed by atoms with van der Waals surface area (Å²) in [6.45, 7) is 0. The Morgan fingerprint density at radius 2 is 1.39 bits per heavy atom. The molecule has 3 nitrogen and oxygen atoms in total. The number of carbonyl (C=O) groups is 1. The molecule has 0 saturated heterocycles. The average molecular weight is 388 g/mol. The molecule has 0 aliphatic rings. The molecule has 4 heteroatoms. The van der Waals surface area contributed by atoms with Crippen LogP contribution < -0.4 is 0 Å². The summed E-state index contributed by atoms with van der Waals surface area (Å²) in [6, 6.07) is 31.1. The molecule has 0 fully saturated rings. The van der Waals surface area contributed by atoms with E-state index in [4.69, 9.17) is 0 Å². The molecular weight excluding hydrogens is 366 g/mol. The van der Waals surface area contributed by atoms with Crippen LogP contribution in [0.4, 0.5) is 0 Å². The minimum atomic E-state index is -0.778. The lowest BCUT2D eigenvalue weighted by Gasteiger charge is -2.37. The maximum absolute atomic E-state index is 11.2. The van der Waals surface area contributed by atoms with Gasteiger partial charge in [-0.15, -0.1) is 11.8 Å². The van der Waals surface area contributed by atoms with Crippen LogP contribution >= 0.6 is 11.8 Å². The molecule has 0 radical (unpaired) electrons. The van der Waals surface area contributed by atoms with Crippen LogP contribution in [0, 0.1) is 0 Å². The Hall–Kier alpha value is -2.98. The van der Waals surface area contributed by atoms with Gasteiger partial charge in [-0.3, -0.25) is 4.79 Å². The summed E-state index contributed by atoms with van der Waals surface area (Å²) in [5.41, 5.74) is 3.37. The largest absolute Gasteiger partial charge is 0.481 e. The minimum absolute atomic E-state index is 0.116. The number of hydrogen-bond acceptors (Lipinski definition) is 2. The molecule has 0 spiro atoms. The van der Waals surface area contributed by atoms with Crippen molar-refractivity contribution in [1.29, 1.82) is 0 Å². The molecule has 140 valence electrons. The standard InChI is InChI=1S/C24H21NO2S/c26-23(27)16-18-28-24(20-10-3-1-4-11-20,21-12-5-2-6-13-21)25-17-15-19-9-7-8-14-22(19)25/h1-15,17H,16,18H2,(H,26,27). The fraction of sp³-hybridized carbons (Fsp3) is 0.125. The van der Waals surface area contributed by atoms with E-state index in [1.807, 2.05) is 48.5 Å². The second-order valence-electron chi connectivity index (χ2n) is 6.61. The summed E-state index contributed by atoms with van der Waals surface area (Å²) in [5, 5.41) is 10.4. The van der Waals surface area contributed by atoms with Crippen LogP contribution in [0.1, 0.15) is 17.5 Å². The van der Waals surface area contributed by atoms with Crippen molar-refractivity contribution in [3.05, 3.63) is 108 Å². The number of benzene rings is 3. The number of aliphatic carboxylic acids is 1. The van der Waals surface area contributed by atoms with Gasteiger partial charge in [0.25, 0.3) is 0 Å². The fourth-order valence-electron chi connectivity index (χ4n) is 3.65. The molecule has 0 amide bonds. The van der Waals surface area contributed by atoms with Crippen LogP contribution in [0.2, 0.25) is 0 Å². The zero-order valence-corrected chi connectivity index (χ0v) is 16.2. The van der Waals surface area contributed by atoms with Gasteiger partial charge in [0.2, 0.25) is 0 Å². The Morgan fingerprint density at radius 1 is 0.821 bits per heavy atom. The smallest absolute Gasteiger partial charge is 0.304 e. The van der Waals surface area contributed by atoms with Crippen molar-refractivity contribution in [1.82, 2.24) is 4.57 Å². The Kier molecular flexibility index (Phi) is 5.22. The molecule has 1 N–H and O–H groups in total. The Bertz CT molecular complexity index is 1030. The van der Waals surface area contributed by atoms with Crippen molar-refractivity contribution in [2.75, 3.05) is 5.75 Å². The Balaban J connectivity index is 1.98. The summed E-state index contributed by atoms with van der Waals surface area (Å²) >= 11 is 1.66. The monoisotopic (exact) mass is 387 g/mol. The van der Waals surface area contributed by atoms with E-state index in [2.05, 4.69) is 53.2 Å². The molecule has 0 atom stereocenters. The highest BCUT2D eigenvalue weighted by atomic mass is 32.2. The number of para-hydroxylation sites is 1. The SMILES string of the molecule is O=C(O)CCSC(c1ccccc1)(c1ccccc1)n1ccc2ccccc21. The highest BCUT2D eigenvalue weighted by molar-refractivity contribution is 8.00. The van der Waals surface area contributed by atoms with Crippen LogP contribution in [0.5, 0.6) is 0 Å². The second kappa shape index (κ2) is 7.95. The van der Waals surface area contributed by atoms with Crippen LogP contribution in [-0.2, 0) is 9.67 Å². The van der Waals surface area contributed by atoms with Crippen molar-refractivity contribution in [3.8, 4) is 0 Å². The second-order valence-corrected chi connectivity index (χ2v) is 7.90. The van der Waals surface area contributed by atoms with Gasteiger partial charge in [0.15, 0.2) is 0 Å². The summed E-state index contributed by atoms with van der Waals surface area (Å²) in [4.78, 5) is 10.7. The van der Waals surface area contributed by atoms with Crippen molar-refractivity contribution in [2.45, 2.75) is 11.3 Å². The number of carboxylic acids is 1. The molecule has 28 heavy (non-hydrogen) atoms. The third-order valence-electron chi connectivity index (χ3n) is 4.90. The lowest BCUT2D eigenvalue weighted by Crippen LogP contribution is -2.33. The third kappa shape index (κ3) is 3.32. The highest BCUT2D eigenvalue weighted by Gasteiger charge is 2.37. The van der Waals surface area contributed by atoms with Crippen LogP contribution in [0.15, 0.2) is 97.2 Å². The first-order chi connectivity index (χ1) is 13.7. The summed E-state index contributed by atoms with van der Waals surface area (Å²) in [6.07, 6.45) is 2.23. The number of hydrogen-bond donors (Lipinski definition) is 1. The molecule has 4 rings (SSSR count). The van der Waals surface area contributed by atoms with Gasteiger partial charge in [0.1, 0.15) is 4.87 Å². The summed E-state index contributed by atoms with van der Waals surface area (Å²) in [7, 11) is 0. The zero-order valence-electron chi connectivity index (χ0n) is 15.4. The number of carboxylic acid groups (broad SMARTS) is 1. The first-order valence-electron chi connectivity index (χ1n) is 9.25. The number of nitrogens with zero attached hydrogens (tertiary/aromatic N) is 1. The normalized spacial score (nSPS) is 11.6. The molecule has 3 aromatic carbocycles. The number of thioether (sulfide) groups is 1. The maximum Gasteiger partial charge on any atom is 0.304 e. The van der Waals surface area contributed by atoms with Crippen molar-refractivity contribution >= 4 is 28.6 Å². The van der Waals surface area contributed by atoms with E-state index in [9.17, 15) is 9.90 Å². The fourth-order valence-corrected chi connectivity index (χ4v) is 5.13. The van der Waals surface area contributed by atoms with Gasteiger partial charge in [0, 0.05) is 17.5 Å². The van der Waals surface area contributed by atoms with Gasteiger partial charge < -0.3 is 9.67 Å². The van der Waals surface area contributed by atoms with Gasteiger partial charge in [-0.25, -0.2) is 0 Å². The predicted octanol–water partition coefficient (Wildman–Crippen LogP) is 5.60. The molecule has 1 heterocycles. The van der Waals surface area contributed by atoms with Gasteiger partial charge in [-0.05, 0) is 28.6 Å². The van der Waals surface area contributed by atoms with Crippen molar-refractivity contribution < 1.29 is 9.90 Å². The van der Waals surface area contributed by atoms with Crippen LogP contribution in [-0.4, -0.2) is 21.4 Å². The number of rotatable bonds is 7. The van der Waals surface area contributed by atoms with E-state index in [1.54, 1.807) is 11.8 Å². The van der Waals surface area contributed by atoms with Gasteiger partial charge >= 0.3 is 5.97 Å². The average Bonchev–Trinajstić information content (AvgIpc) is 3.17. The number of fused-ring (bicyclic) bond motifs is 1. The molecular formula is C24H21NO2S. The first-order valence-corrected chi connectivity index (χ1v) is 10.2. The van der Waals surface area contributed by atoms with Gasteiger partial charge in [-0.1, -0.05) is 78.9 Å². The molecule has 4 aromatic rings. The molecule has 0 aliphatic heterocycles. The Morgan fingerprint density at radius 3 is 2.00 bits per heavy atom. The predicted molar refractivity (Wildman–Crippen MR) is 116 cm³/mol. The van der Waals surface area contributed by atoms with Gasteiger partial charge in [0.05, 0.1) is 6.42 Å². The van der Waals surface area contributed by atoms with E-state index in [-0.39, 0.29) is 6.42 Å². The van der Waals surface area contributed by atoms with Crippen LogP contribution in [0.3, 0.4) is 0 Å². The van der Waals surface area contributed by atoms with E-state index in [1.165, 1.54) is 0 Å². The van der Waals surface area contributed by atoms with Crippen LogP contribution in [0.25, 0.3) is 10.9 Å². The zero-order chi connectivity index (χ0) is 19.4. The first kappa shape index (κ1) is 18.4. The molecule has 0 unspecified atom stereocenters. The minimum Gasteiger partial charge on any atom is -0.481 e. The molecule has 0 saturated carbocycles. The quantitative estimate of drug-likeness (QED) is 0.449. The van der Waals surface area contributed by atoms with Gasteiger partial charge in [-0.2, -0.15) is 0 Å². The third-order valence-corrected chi connectivity index (χ3v) is 6.39. The topological polar surface area (TPSA) is 42.2 Å². The molecule has 0 aliphatic carbocycles. The Labute approximate surface area is 168 Å². The lowest BCUT2D eigenvalue weighted by atomic mass is 9.97. The summed E-state index contributed by atoms with van der Waals surface area (Å²) in [5.74, 6) is -0.272. The highest BCUT2D eigenvalue weighted by Crippen LogP contribution is 2.46. The van der Waals surface area contributed by atoms with E-state index < -0.39 is 10.8 Å². The van der Waals surface area contributed by atoms with Crippen molar-refractivity contribution in [2.24, 2.45) is 0 Å². The molecule has 1 aromatic heterocycles.